The average Bonchev–Trinajstić information content (AvgIpc) is 2.64. The standard InChI is InChI=1S/C14H18N2S3/c1-14(2,3)7-4-5-8-9(6-7)18-12-10(8)11(15)19-13(17)16-12/h7H,4-6,15H2,1-3H3. The Hall–Kier alpha value is -0.520. The maximum absolute atomic E-state index is 6.16. The second-order valence-corrected chi connectivity index (χ2v) is 9.09. The van der Waals surface area contributed by atoms with Gasteiger partial charge in [-0.15, -0.1) is 11.3 Å². The van der Waals surface area contributed by atoms with Gasteiger partial charge in [0.2, 0.25) is 0 Å². The fourth-order valence-corrected chi connectivity index (χ4v) is 5.40. The Bertz CT molecular complexity index is 691. The lowest BCUT2D eigenvalue weighted by atomic mass is 9.72. The molecule has 2 N–H and O–H groups in total. The van der Waals surface area contributed by atoms with Gasteiger partial charge in [-0.2, -0.15) is 0 Å². The van der Waals surface area contributed by atoms with E-state index >= 15 is 0 Å². The van der Waals surface area contributed by atoms with Gasteiger partial charge in [-0.05, 0) is 48.4 Å². The van der Waals surface area contributed by atoms with E-state index in [1.165, 1.54) is 33.6 Å². The highest BCUT2D eigenvalue weighted by atomic mass is 32.1. The lowest BCUT2D eigenvalue weighted by Crippen LogP contribution is -2.26. The molecule has 3 rings (SSSR count). The monoisotopic (exact) mass is 310 g/mol. The lowest BCUT2D eigenvalue weighted by molar-refractivity contribution is 0.218. The zero-order chi connectivity index (χ0) is 13.8. The van der Waals surface area contributed by atoms with Crippen LogP contribution in [-0.4, -0.2) is 4.98 Å². The molecule has 1 atom stereocenters. The highest BCUT2D eigenvalue weighted by Crippen LogP contribution is 2.44. The molecule has 19 heavy (non-hydrogen) atoms. The van der Waals surface area contributed by atoms with Gasteiger partial charge in [-0.1, -0.05) is 32.1 Å². The van der Waals surface area contributed by atoms with Gasteiger partial charge in [0.15, 0.2) is 3.95 Å². The molecule has 2 heterocycles. The minimum absolute atomic E-state index is 0.374. The van der Waals surface area contributed by atoms with E-state index in [0.717, 1.165) is 28.6 Å². The first-order valence-corrected chi connectivity index (χ1v) is 8.61. The summed E-state index contributed by atoms with van der Waals surface area (Å²) in [6.07, 6.45) is 3.55. The molecule has 1 aliphatic rings. The van der Waals surface area contributed by atoms with E-state index in [2.05, 4.69) is 25.8 Å². The van der Waals surface area contributed by atoms with Gasteiger partial charge in [-0.3, -0.25) is 0 Å². The van der Waals surface area contributed by atoms with Crippen molar-refractivity contribution in [2.24, 2.45) is 11.3 Å². The number of hydrogen-bond donors (Lipinski definition) is 1. The van der Waals surface area contributed by atoms with Crippen LogP contribution in [0.15, 0.2) is 0 Å². The third-order valence-electron chi connectivity index (χ3n) is 4.11. The second kappa shape index (κ2) is 4.50. The van der Waals surface area contributed by atoms with Gasteiger partial charge >= 0.3 is 0 Å². The van der Waals surface area contributed by atoms with E-state index in [1.54, 1.807) is 11.3 Å². The molecule has 0 saturated carbocycles. The summed E-state index contributed by atoms with van der Waals surface area (Å²) >= 11 is 8.41. The van der Waals surface area contributed by atoms with Crippen molar-refractivity contribution in [2.45, 2.75) is 40.0 Å². The van der Waals surface area contributed by atoms with Crippen molar-refractivity contribution in [2.75, 3.05) is 5.73 Å². The Morgan fingerprint density at radius 2 is 2.05 bits per heavy atom. The van der Waals surface area contributed by atoms with E-state index in [-0.39, 0.29) is 0 Å². The van der Waals surface area contributed by atoms with E-state index in [1.807, 2.05) is 0 Å². The third kappa shape index (κ3) is 2.32. The Morgan fingerprint density at radius 1 is 1.32 bits per heavy atom. The molecule has 0 bridgehead atoms. The van der Waals surface area contributed by atoms with E-state index in [0.29, 0.717) is 9.37 Å². The number of nitrogens with zero attached hydrogens (tertiary/aromatic N) is 1. The summed E-state index contributed by atoms with van der Waals surface area (Å²) in [5.41, 5.74) is 7.98. The van der Waals surface area contributed by atoms with Gasteiger partial charge in [0.1, 0.15) is 4.83 Å². The summed E-state index contributed by atoms with van der Waals surface area (Å²) < 4.78 is 0.649. The van der Waals surface area contributed by atoms with Crippen molar-refractivity contribution < 1.29 is 0 Å². The zero-order valence-electron chi connectivity index (χ0n) is 11.4. The maximum atomic E-state index is 6.16. The highest BCUT2D eigenvalue weighted by molar-refractivity contribution is 7.73. The van der Waals surface area contributed by atoms with Crippen LogP contribution in [0.25, 0.3) is 10.2 Å². The van der Waals surface area contributed by atoms with Crippen molar-refractivity contribution >= 4 is 50.1 Å². The van der Waals surface area contributed by atoms with Crippen LogP contribution < -0.4 is 5.73 Å². The Balaban J connectivity index is 2.13. The number of fused-ring (bicyclic) bond motifs is 3. The largest absolute Gasteiger partial charge is 0.390 e. The molecule has 1 aliphatic carbocycles. The molecule has 1 unspecified atom stereocenters. The summed E-state index contributed by atoms with van der Waals surface area (Å²) in [6.45, 7) is 7.02. The van der Waals surface area contributed by atoms with E-state index in [9.17, 15) is 0 Å². The molecular formula is C14H18N2S3. The predicted octanol–water partition coefficient (Wildman–Crippen LogP) is 4.82. The summed E-state index contributed by atoms with van der Waals surface area (Å²) in [4.78, 5) is 7.02. The van der Waals surface area contributed by atoms with E-state index < -0.39 is 0 Å². The number of nitrogen functional groups attached to an aromatic ring is 1. The van der Waals surface area contributed by atoms with Crippen LogP contribution in [-0.2, 0) is 12.8 Å². The normalized spacial score (nSPS) is 19.6. The number of thiophene rings is 1. The van der Waals surface area contributed by atoms with Crippen LogP contribution >= 0.6 is 34.9 Å². The molecule has 102 valence electrons. The van der Waals surface area contributed by atoms with Gasteiger partial charge < -0.3 is 5.73 Å². The van der Waals surface area contributed by atoms with Crippen molar-refractivity contribution in [3.05, 3.63) is 14.4 Å². The average molecular weight is 311 g/mol. The lowest BCUT2D eigenvalue weighted by Gasteiger charge is -2.33. The van der Waals surface area contributed by atoms with E-state index in [4.69, 9.17) is 18.0 Å². The van der Waals surface area contributed by atoms with Crippen molar-refractivity contribution in [3.8, 4) is 0 Å². The number of rotatable bonds is 0. The highest BCUT2D eigenvalue weighted by Gasteiger charge is 2.31. The molecule has 2 aromatic rings. The summed E-state index contributed by atoms with van der Waals surface area (Å²) in [5.74, 6) is 0.751. The predicted molar refractivity (Wildman–Crippen MR) is 87.7 cm³/mol. The third-order valence-corrected chi connectivity index (χ3v) is 6.29. The number of aromatic nitrogens is 1. The quantitative estimate of drug-likeness (QED) is 0.709. The van der Waals surface area contributed by atoms with Crippen molar-refractivity contribution in [1.29, 1.82) is 0 Å². The molecule has 0 saturated heterocycles. The summed E-state index contributed by atoms with van der Waals surface area (Å²) in [7, 11) is 0. The molecule has 2 aromatic heterocycles. The summed E-state index contributed by atoms with van der Waals surface area (Å²) in [6, 6.07) is 0. The van der Waals surface area contributed by atoms with Crippen LogP contribution in [0.5, 0.6) is 0 Å². The van der Waals surface area contributed by atoms with Gasteiger partial charge in [0.25, 0.3) is 0 Å². The molecule has 0 spiro atoms. The van der Waals surface area contributed by atoms with Gasteiger partial charge in [0.05, 0.1) is 5.00 Å². The SMILES string of the molecule is CC(C)(C)C1CCc2c(sc3nc(=S)sc(N)c23)C1. The smallest absolute Gasteiger partial charge is 0.183 e. The van der Waals surface area contributed by atoms with Crippen LogP contribution in [0.3, 0.4) is 0 Å². The fraction of sp³-hybridized carbons (Fsp3) is 0.571. The van der Waals surface area contributed by atoms with Crippen molar-refractivity contribution in [3.63, 3.8) is 0 Å². The van der Waals surface area contributed by atoms with Crippen LogP contribution in [0.4, 0.5) is 5.00 Å². The summed E-state index contributed by atoms with van der Waals surface area (Å²) in [5, 5.41) is 2.03. The maximum Gasteiger partial charge on any atom is 0.183 e. The number of hydrogen-bond acceptors (Lipinski definition) is 5. The minimum Gasteiger partial charge on any atom is -0.390 e. The minimum atomic E-state index is 0.374. The molecule has 2 nitrogen and oxygen atoms in total. The Kier molecular flexibility index (Phi) is 3.19. The van der Waals surface area contributed by atoms with Gasteiger partial charge in [0, 0.05) is 10.3 Å². The molecule has 0 aromatic carbocycles. The van der Waals surface area contributed by atoms with Crippen LogP contribution in [0.2, 0.25) is 0 Å². The molecule has 0 amide bonds. The number of nitrogens with two attached hydrogens (primary N) is 1. The van der Waals surface area contributed by atoms with Crippen LogP contribution in [0, 0.1) is 15.3 Å². The second-order valence-electron chi connectivity index (χ2n) is 6.33. The van der Waals surface area contributed by atoms with Crippen LogP contribution in [0.1, 0.15) is 37.6 Å². The zero-order valence-corrected chi connectivity index (χ0v) is 13.9. The number of anilines is 1. The first-order valence-electron chi connectivity index (χ1n) is 6.57. The Morgan fingerprint density at radius 3 is 2.74 bits per heavy atom. The molecule has 0 aliphatic heterocycles. The first kappa shape index (κ1) is 13.5. The molecule has 5 heteroatoms. The van der Waals surface area contributed by atoms with Gasteiger partial charge in [-0.25, -0.2) is 4.98 Å². The number of aryl methyl sites for hydroxylation is 1. The first-order chi connectivity index (χ1) is 8.86. The molecule has 0 radical (unpaired) electrons. The molecular weight excluding hydrogens is 292 g/mol. The topological polar surface area (TPSA) is 38.9 Å². The van der Waals surface area contributed by atoms with Crippen molar-refractivity contribution in [1.82, 2.24) is 4.98 Å². The molecule has 0 fully saturated rings. The Labute approximate surface area is 126 Å². The fourth-order valence-electron chi connectivity index (χ4n) is 2.89.